The van der Waals surface area contributed by atoms with Gasteiger partial charge in [-0.3, -0.25) is 19.0 Å². The standard InChI is InChI=1S/C24H21N3O3S/c1-15-3-5-18(6-4-15)20-13-31-23-22(20)24(30)27(14-25-23)12-11-21(29)26-19-9-7-17(8-10-19)16(2)28/h3-10,13-14H,11-12H2,1-2H3,(H,26,29). The summed E-state index contributed by atoms with van der Waals surface area (Å²) in [4.78, 5) is 41.9. The molecule has 2 heterocycles. The molecule has 2 aromatic heterocycles. The predicted octanol–water partition coefficient (Wildman–Crippen LogP) is 4.66. The van der Waals surface area contributed by atoms with Gasteiger partial charge in [-0.05, 0) is 43.7 Å². The Bertz CT molecular complexity index is 1320. The second-order valence-corrected chi connectivity index (χ2v) is 8.23. The topological polar surface area (TPSA) is 81.1 Å². The number of aryl methyl sites for hydroxylation is 2. The first-order valence-electron chi connectivity index (χ1n) is 9.87. The number of aromatic nitrogens is 2. The van der Waals surface area contributed by atoms with Gasteiger partial charge in [0.05, 0.1) is 11.7 Å². The number of nitrogens with one attached hydrogen (secondary N) is 1. The van der Waals surface area contributed by atoms with E-state index in [1.807, 2.05) is 36.6 Å². The van der Waals surface area contributed by atoms with Crippen molar-refractivity contribution in [2.24, 2.45) is 0 Å². The highest BCUT2D eigenvalue weighted by Crippen LogP contribution is 2.30. The highest BCUT2D eigenvalue weighted by atomic mass is 32.1. The van der Waals surface area contributed by atoms with Crippen LogP contribution in [0.5, 0.6) is 0 Å². The number of amides is 1. The molecule has 0 aliphatic heterocycles. The molecule has 0 saturated carbocycles. The number of fused-ring (bicyclic) bond motifs is 1. The number of ketones is 1. The summed E-state index contributed by atoms with van der Waals surface area (Å²) in [6.07, 6.45) is 1.63. The average molecular weight is 432 g/mol. The zero-order valence-corrected chi connectivity index (χ0v) is 18.0. The summed E-state index contributed by atoms with van der Waals surface area (Å²) in [5.74, 6) is -0.245. The molecule has 0 aliphatic rings. The van der Waals surface area contributed by atoms with Crippen molar-refractivity contribution in [1.82, 2.24) is 9.55 Å². The van der Waals surface area contributed by atoms with Crippen LogP contribution < -0.4 is 10.9 Å². The smallest absolute Gasteiger partial charge is 0.262 e. The Hall–Kier alpha value is -3.58. The van der Waals surface area contributed by atoms with Crippen LogP contribution in [0.2, 0.25) is 0 Å². The number of benzene rings is 2. The fourth-order valence-corrected chi connectivity index (χ4v) is 4.21. The molecule has 0 fully saturated rings. The number of rotatable bonds is 6. The molecular weight excluding hydrogens is 410 g/mol. The van der Waals surface area contributed by atoms with Crippen molar-refractivity contribution in [3.8, 4) is 11.1 Å². The Kier molecular flexibility index (Phi) is 5.77. The van der Waals surface area contributed by atoms with E-state index in [0.29, 0.717) is 21.5 Å². The van der Waals surface area contributed by atoms with E-state index in [1.165, 1.54) is 29.2 Å². The zero-order valence-electron chi connectivity index (χ0n) is 17.2. The van der Waals surface area contributed by atoms with Crippen LogP contribution in [-0.4, -0.2) is 21.2 Å². The highest BCUT2D eigenvalue weighted by Gasteiger charge is 2.14. The Morgan fingerprint density at radius 2 is 1.77 bits per heavy atom. The molecule has 31 heavy (non-hydrogen) atoms. The van der Waals surface area contributed by atoms with E-state index in [1.54, 1.807) is 24.3 Å². The van der Waals surface area contributed by atoms with E-state index in [9.17, 15) is 14.4 Å². The van der Waals surface area contributed by atoms with Crippen LogP contribution >= 0.6 is 11.3 Å². The van der Waals surface area contributed by atoms with Crippen molar-refractivity contribution < 1.29 is 9.59 Å². The molecule has 4 aromatic rings. The van der Waals surface area contributed by atoms with E-state index in [-0.39, 0.29) is 30.2 Å². The molecule has 0 radical (unpaired) electrons. The maximum atomic E-state index is 13.1. The quantitative estimate of drug-likeness (QED) is 0.450. The first-order valence-corrected chi connectivity index (χ1v) is 10.7. The summed E-state index contributed by atoms with van der Waals surface area (Å²) in [5, 5.41) is 5.32. The van der Waals surface area contributed by atoms with Crippen molar-refractivity contribution in [2.75, 3.05) is 5.32 Å². The predicted molar refractivity (Wildman–Crippen MR) is 124 cm³/mol. The summed E-state index contributed by atoms with van der Waals surface area (Å²) < 4.78 is 1.48. The summed E-state index contributed by atoms with van der Waals surface area (Å²) in [6.45, 7) is 3.74. The number of carbonyl (C=O) groups is 2. The van der Waals surface area contributed by atoms with E-state index in [4.69, 9.17) is 0 Å². The van der Waals surface area contributed by atoms with Gasteiger partial charge in [-0.25, -0.2) is 4.98 Å². The lowest BCUT2D eigenvalue weighted by Gasteiger charge is -2.08. The minimum atomic E-state index is -0.216. The van der Waals surface area contributed by atoms with Crippen molar-refractivity contribution in [3.05, 3.63) is 81.7 Å². The van der Waals surface area contributed by atoms with Crippen LogP contribution in [-0.2, 0) is 11.3 Å². The monoisotopic (exact) mass is 431 g/mol. The fraction of sp³-hybridized carbons (Fsp3) is 0.167. The molecule has 0 aliphatic carbocycles. The molecular formula is C24H21N3O3S. The highest BCUT2D eigenvalue weighted by molar-refractivity contribution is 7.17. The summed E-state index contributed by atoms with van der Waals surface area (Å²) in [6, 6.07) is 14.7. The molecule has 2 aromatic carbocycles. The molecule has 0 atom stereocenters. The van der Waals surface area contributed by atoms with Gasteiger partial charge < -0.3 is 5.32 Å². The Morgan fingerprint density at radius 3 is 2.45 bits per heavy atom. The second-order valence-electron chi connectivity index (χ2n) is 7.37. The number of anilines is 1. The maximum absolute atomic E-state index is 13.1. The van der Waals surface area contributed by atoms with Gasteiger partial charge in [0.2, 0.25) is 5.91 Å². The summed E-state index contributed by atoms with van der Waals surface area (Å²) in [7, 11) is 0. The van der Waals surface area contributed by atoms with Crippen molar-refractivity contribution >= 4 is 38.9 Å². The molecule has 4 rings (SSSR count). The number of nitrogens with zero attached hydrogens (tertiary/aromatic N) is 2. The first kappa shape index (κ1) is 20.7. The lowest BCUT2D eigenvalue weighted by atomic mass is 10.1. The molecule has 0 unspecified atom stereocenters. The van der Waals surface area contributed by atoms with Crippen LogP contribution in [0.1, 0.15) is 29.3 Å². The summed E-state index contributed by atoms with van der Waals surface area (Å²) >= 11 is 1.44. The molecule has 0 spiro atoms. The lowest BCUT2D eigenvalue weighted by Crippen LogP contribution is -2.23. The van der Waals surface area contributed by atoms with Gasteiger partial charge in [-0.1, -0.05) is 29.8 Å². The van der Waals surface area contributed by atoms with Gasteiger partial charge in [0.25, 0.3) is 5.56 Å². The maximum Gasteiger partial charge on any atom is 0.262 e. The Morgan fingerprint density at radius 1 is 1.06 bits per heavy atom. The van der Waals surface area contributed by atoms with Crippen molar-refractivity contribution in [2.45, 2.75) is 26.8 Å². The number of hydrogen-bond donors (Lipinski definition) is 1. The van der Waals surface area contributed by atoms with E-state index < -0.39 is 0 Å². The SMILES string of the molecule is CC(=O)c1ccc(NC(=O)CCn2cnc3scc(-c4ccc(C)cc4)c3c2=O)cc1. The molecule has 0 saturated heterocycles. The molecule has 1 N–H and O–H groups in total. The number of carbonyl (C=O) groups excluding carboxylic acids is 2. The molecule has 0 bridgehead atoms. The van der Waals surface area contributed by atoms with Crippen molar-refractivity contribution in [1.29, 1.82) is 0 Å². The fourth-order valence-electron chi connectivity index (χ4n) is 3.31. The first-order chi connectivity index (χ1) is 14.9. The molecule has 6 nitrogen and oxygen atoms in total. The number of Topliss-reactive ketones (excluding diaryl/α,β-unsaturated/α-hetero) is 1. The van der Waals surface area contributed by atoms with Crippen LogP contribution in [0.25, 0.3) is 21.3 Å². The van der Waals surface area contributed by atoms with Crippen LogP contribution in [0.3, 0.4) is 0 Å². The minimum Gasteiger partial charge on any atom is -0.326 e. The largest absolute Gasteiger partial charge is 0.326 e. The molecule has 156 valence electrons. The van der Waals surface area contributed by atoms with Crippen LogP contribution in [0.15, 0.2) is 65.0 Å². The molecule has 7 heteroatoms. The third-order valence-corrected chi connectivity index (χ3v) is 5.96. The van der Waals surface area contributed by atoms with Gasteiger partial charge in [-0.15, -0.1) is 11.3 Å². The van der Waals surface area contributed by atoms with Gasteiger partial charge in [0.1, 0.15) is 4.83 Å². The Labute approximate surface area is 183 Å². The normalized spacial score (nSPS) is 10.9. The third-order valence-electron chi connectivity index (χ3n) is 5.08. The molecule has 1 amide bonds. The third kappa shape index (κ3) is 4.46. The number of thiophene rings is 1. The van der Waals surface area contributed by atoms with Gasteiger partial charge in [-0.2, -0.15) is 0 Å². The van der Waals surface area contributed by atoms with Gasteiger partial charge in [0.15, 0.2) is 5.78 Å². The lowest BCUT2D eigenvalue weighted by molar-refractivity contribution is -0.116. The second kappa shape index (κ2) is 8.65. The van der Waals surface area contributed by atoms with Gasteiger partial charge in [0, 0.05) is 35.2 Å². The van der Waals surface area contributed by atoms with Crippen LogP contribution in [0.4, 0.5) is 5.69 Å². The van der Waals surface area contributed by atoms with Crippen LogP contribution in [0, 0.1) is 6.92 Å². The van der Waals surface area contributed by atoms with E-state index in [2.05, 4.69) is 10.3 Å². The summed E-state index contributed by atoms with van der Waals surface area (Å²) in [5.41, 5.74) is 4.03. The minimum absolute atomic E-state index is 0.0291. The van der Waals surface area contributed by atoms with Gasteiger partial charge >= 0.3 is 0 Å². The van der Waals surface area contributed by atoms with E-state index in [0.717, 1.165) is 16.7 Å². The van der Waals surface area contributed by atoms with Crippen molar-refractivity contribution in [3.63, 3.8) is 0 Å². The average Bonchev–Trinajstić information content (AvgIpc) is 3.19. The number of hydrogen-bond acceptors (Lipinski definition) is 5. The Balaban J connectivity index is 1.51. The zero-order chi connectivity index (χ0) is 22.0. The van der Waals surface area contributed by atoms with E-state index >= 15 is 0 Å².